The second kappa shape index (κ2) is 8.57. The lowest BCUT2D eigenvalue weighted by Gasteiger charge is -2.18. The van der Waals surface area contributed by atoms with Crippen LogP contribution in [0.15, 0.2) is 70.8 Å². The first kappa shape index (κ1) is 20.6. The number of carbonyl (C=O) groups is 1. The van der Waals surface area contributed by atoms with Gasteiger partial charge in [0.05, 0.1) is 23.2 Å². The van der Waals surface area contributed by atoms with Crippen LogP contribution in [0.3, 0.4) is 0 Å². The highest BCUT2D eigenvalue weighted by Gasteiger charge is 2.21. The predicted molar refractivity (Wildman–Crippen MR) is 124 cm³/mol. The van der Waals surface area contributed by atoms with Gasteiger partial charge in [-0.15, -0.1) is 11.3 Å². The molecule has 1 amide bonds. The highest BCUT2D eigenvalue weighted by Crippen LogP contribution is 2.30. The number of nitrogens with zero attached hydrogens (tertiary/aromatic N) is 2. The minimum atomic E-state index is -0.301. The van der Waals surface area contributed by atoms with E-state index >= 15 is 0 Å². The fraction of sp³-hybridized carbons (Fsp3) is 0.125. The Morgan fingerprint density at radius 2 is 1.84 bits per heavy atom. The molecule has 1 N–H and O–H groups in total. The van der Waals surface area contributed by atoms with Crippen LogP contribution in [0.5, 0.6) is 5.75 Å². The standard InChI is InChI=1S/C24H21N3O3S/c1-15-9-11-18(12-10-15)27-23(25-24(29)20-8-5-13-31-20)21(22(28)16(2)26-27)17-6-4-7-19(14-17)30-3/h4-14H,1-3H3,(H,25,29). The second-order valence-electron chi connectivity index (χ2n) is 7.05. The Hall–Kier alpha value is -3.71. The Balaban J connectivity index is 1.98. The molecule has 6 nitrogen and oxygen atoms in total. The number of thiophene rings is 1. The van der Waals surface area contributed by atoms with E-state index in [1.54, 1.807) is 36.9 Å². The Bertz CT molecular complexity index is 1290. The molecule has 7 heteroatoms. The topological polar surface area (TPSA) is 73.2 Å². The van der Waals surface area contributed by atoms with Crippen LogP contribution in [0.2, 0.25) is 0 Å². The Morgan fingerprint density at radius 1 is 1.06 bits per heavy atom. The number of carbonyl (C=O) groups excluding carboxylic acids is 1. The van der Waals surface area contributed by atoms with E-state index in [4.69, 9.17) is 4.74 Å². The van der Waals surface area contributed by atoms with Gasteiger partial charge in [-0.05, 0) is 55.1 Å². The maximum atomic E-state index is 13.2. The maximum Gasteiger partial charge on any atom is 0.266 e. The van der Waals surface area contributed by atoms with E-state index in [2.05, 4.69) is 10.4 Å². The fourth-order valence-electron chi connectivity index (χ4n) is 3.25. The highest BCUT2D eigenvalue weighted by atomic mass is 32.1. The first-order chi connectivity index (χ1) is 15.0. The summed E-state index contributed by atoms with van der Waals surface area (Å²) in [5, 5.41) is 9.26. The molecule has 0 spiro atoms. The van der Waals surface area contributed by atoms with E-state index in [-0.39, 0.29) is 11.3 Å². The number of aromatic nitrogens is 2. The lowest BCUT2D eigenvalue weighted by molar-refractivity contribution is 0.102. The average molecular weight is 432 g/mol. The largest absolute Gasteiger partial charge is 0.497 e. The van der Waals surface area contributed by atoms with Crippen LogP contribution in [-0.4, -0.2) is 22.8 Å². The van der Waals surface area contributed by atoms with Gasteiger partial charge in [0, 0.05) is 0 Å². The van der Waals surface area contributed by atoms with Crippen LogP contribution in [0.4, 0.5) is 5.82 Å². The fourth-order valence-corrected chi connectivity index (χ4v) is 3.87. The molecule has 0 radical (unpaired) electrons. The number of rotatable bonds is 5. The van der Waals surface area contributed by atoms with Crippen molar-refractivity contribution >= 4 is 23.1 Å². The molecule has 2 aromatic carbocycles. The maximum absolute atomic E-state index is 13.2. The van der Waals surface area contributed by atoms with E-state index < -0.39 is 0 Å². The second-order valence-corrected chi connectivity index (χ2v) is 8.00. The summed E-state index contributed by atoms with van der Waals surface area (Å²) in [5.41, 5.74) is 2.90. The summed E-state index contributed by atoms with van der Waals surface area (Å²) < 4.78 is 6.95. The molecule has 156 valence electrons. The normalized spacial score (nSPS) is 10.7. The quantitative estimate of drug-likeness (QED) is 0.491. The van der Waals surface area contributed by atoms with Crippen molar-refractivity contribution in [2.24, 2.45) is 0 Å². The summed E-state index contributed by atoms with van der Waals surface area (Å²) in [7, 11) is 1.57. The lowest BCUT2D eigenvalue weighted by Crippen LogP contribution is -2.24. The zero-order chi connectivity index (χ0) is 22.0. The van der Waals surface area contributed by atoms with Crippen molar-refractivity contribution < 1.29 is 9.53 Å². The molecular weight excluding hydrogens is 410 g/mol. The SMILES string of the molecule is COc1cccc(-c2c(NC(=O)c3cccs3)n(-c3ccc(C)cc3)nc(C)c2=O)c1. The van der Waals surface area contributed by atoms with Crippen LogP contribution in [0, 0.1) is 13.8 Å². The summed E-state index contributed by atoms with van der Waals surface area (Å²) in [6, 6.07) is 18.5. The van der Waals surface area contributed by atoms with Gasteiger partial charge in [0.1, 0.15) is 17.3 Å². The van der Waals surface area contributed by atoms with Crippen molar-refractivity contribution in [2.45, 2.75) is 13.8 Å². The minimum Gasteiger partial charge on any atom is -0.497 e. The molecule has 31 heavy (non-hydrogen) atoms. The van der Waals surface area contributed by atoms with Crippen molar-refractivity contribution in [1.82, 2.24) is 9.78 Å². The Kier molecular flexibility index (Phi) is 5.68. The lowest BCUT2D eigenvalue weighted by atomic mass is 10.0. The molecule has 4 rings (SSSR count). The van der Waals surface area contributed by atoms with E-state index in [9.17, 15) is 9.59 Å². The third-order valence-corrected chi connectivity index (χ3v) is 5.74. The number of anilines is 1. The molecule has 0 aliphatic rings. The van der Waals surface area contributed by atoms with Gasteiger partial charge in [-0.3, -0.25) is 9.59 Å². The number of ether oxygens (including phenoxy) is 1. The van der Waals surface area contributed by atoms with Gasteiger partial charge in [0.15, 0.2) is 0 Å². The monoisotopic (exact) mass is 431 g/mol. The summed E-state index contributed by atoms with van der Waals surface area (Å²) in [5.74, 6) is 0.625. The number of nitrogens with one attached hydrogen (secondary N) is 1. The van der Waals surface area contributed by atoms with E-state index in [1.165, 1.54) is 11.3 Å². The molecule has 0 saturated carbocycles. The number of methoxy groups -OCH3 is 1. The molecule has 4 aromatic rings. The van der Waals surface area contributed by atoms with Gasteiger partial charge in [-0.25, -0.2) is 4.68 Å². The predicted octanol–water partition coefficient (Wildman–Crippen LogP) is 4.84. The summed E-state index contributed by atoms with van der Waals surface area (Å²) in [6.07, 6.45) is 0. The van der Waals surface area contributed by atoms with Crippen molar-refractivity contribution in [1.29, 1.82) is 0 Å². The van der Waals surface area contributed by atoms with Crippen LogP contribution < -0.4 is 15.5 Å². The van der Waals surface area contributed by atoms with E-state index in [1.807, 2.05) is 54.8 Å². The first-order valence-corrected chi connectivity index (χ1v) is 10.6. The van der Waals surface area contributed by atoms with Gasteiger partial charge >= 0.3 is 0 Å². The van der Waals surface area contributed by atoms with Crippen molar-refractivity contribution in [3.8, 4) is 22.6 Å². The summed E-state index contributed by atoms with van der Waals surface area (Å²) >= 11 is 1.33. The van der Waals surface area contributed by atoms with Crippen LogP contribution in [-0.2, 0) is 0 Å². The molecular formula is C24H21N3O3S. The molecule has 0 aliphatic carbocycles. The van der Waals surface area contributed by atoms with Gasteiger partial charge in [0.25, 0.3) is 5.91 Å². The Morgan fingerprint density at radius 3 is 2.52 bits per heavy atom. The zero-order valence-corrected chi connectivity index (χ0v) is 18.2. The third-order valence-electron chi connectivity index (χ3n) is 4.87. The molecule has 2 heterocycles. The summed E-state index contributed by atoms with van der Waals surface area (Å²) in [4.78, 5) is 26.7. The smallest absolute Gasteiger partial charge is 0.266 e. The Labute approximate surface area is 183 Å². The molecule has 0 fully saturated rings. The van der Waals surface area contributed by atoms with E-state index in [0.717, 1.165) is 11.3 Å². The number of amides is 1. The van der Waals surface area contributed by atoms with Crippen molar-refractivity contribution in [3.63, 3.8) is 0 Å². The average Bonchev–Trinajstić information content (AvgIpc) is 3.32. The van der Waals surface area contributed by atoms with Crippen molar-refractivity contribution in [3.05, 3.63) is 92.4 Å². The number of benzene rings is 2. The molecule has 0 atom stereocenters. The number of aryl methyl sites for hydroxylation is 2. The van der Waals surface area contributed by atoms with Crippen molar-refractivity contribution in [2.75, 3.05) is 12.4 Å². The third kappa shape index (κ3) is 4.13. The first-order valence-electron chi connectivity index (χ1n) is 9.68. The van der Waals surface area contributed by atoms with Gasteiger partial charge < -0.3 is 10.1 Å². The van der Waals surface area contributed by atoms with Crippen LogP contribution in [0.25, 0.3) is 16.8 Å². The molecule has 0 unspecified atom stereocenters. The number of hydrogen-bond donors (Lipinski definition) is 1. The van der Waals surface area contributed by atoms with E-state index in [0.29, 0.717) is 33.3 Å². The molecule has 2 aromatic heterocycles. The highest BCUT2D eigenvalue weighted by molar-refractivity contribution is 7.12. The van der Waals surface area contributed by atoms with Crippen LogP contribution in [0.1, 0.15) is 20.9 Å². The van der Waals surface area contributed by atoms with Gasteiger partial charge in [0.2, 0.25) is 5.43 Å². The van der Waals surface area contributed by atoms with Gasteiger partial charge in [-0.2, -0.15) is 5.10 Å². The molecule has 0 bridgehead atoms. The minimum absolute atomic E-state index is 0.252. The summed E-state index contributed by atoms with van der Waals surface area (Å²) in [6.45, 7) is 3.66. The zero-order valence-electron chi connectivity index (χ0n) is 17.4. The molecule has 0 aliphatic heterocycles. The number of hydrogen-bond acceptors (Lipinski definition) is 5. The van der Waals surface area contributed by atoms with Gasteiger partial charge in [-0.1, -0.05) is 35.9 Å². The van der Waals surface area contributed by atoms with Crippen LogP contribution >= 0.6 is 11.3 Å². The molecule has 0 saturated heterocycles.